The Hall–Kier alpha value is -1.41. The number of hydrogen-bond acceptors (Lipinski definition) is 5. The van der Waals surface area contributed by atoms with Crippen LogP contribution in [0.2, 0.25) is 0 Å². The normalized spacial score (nSPS) is 16.5. The van der Waals surface area contributed by atoms with E-state index >= 15 is 0 Å². The third kappa shape index (κ3) is 3.11. The third-order valence-electron chi connectivity index (χ3n) is 3.71. The first-order valence-corrected chi connectivity index (χ1v) is 8.68. The summed E-state index contributed by atoms with van der Waals surface area (Å²) in [5.41, 5.74) is -0.0340. The molecule has 118 valence electrons. The van der Waals surface area contributed by atoms with E-state index in [-0.39, 0.29) is 23.2 Å². The maximum Gasteiger partial charge on any atom is 0.342 e. The zero-order valence-electron chi connectivity index (χ0n) is 12.3. The summed E-state index contributed by atoms with van der Waals surface area (Å²) in [6.07, 6.45) is 4.98. The highest BCUT2D eigenvalue weighted by Gasteiger charge is 2.36. The van der Waals surface area contributed by atoms with E-state index in [0.717, 1.165) is 25.7 Å². The van der Waals surface area contributed by atoms with Gasteiger partial charge >= 0.3 is 5.97 Å². The maximum absolute atomic E-state index is 12.8. The fourth-order valence-corrected chi connectivity index (χ4v) is 4.52. The van der Waals surface area contributed by atoms with Gasteiger partial charge in [-0.3, -0.25) is 5.10 Å². The molecule has 8 heteroatoms. The van der Waals surface area contributed by atoms with Crippen LogP contribution in [0.3, 0.4) is 0 Å². The van der Waals surface area contributed by atoms with Crippen LogP contribution in [0.1, 0.15) is 49.9 Å². The van der Waals surface area contributed by atoms with E-state index in [4.69, 9.17) is 4.74 Å². The number of H-pyrrole nitrogens is 1. The molecule has 1 aromatic rings. The predicted octanol–water partition coefficient (Wildman–Crippen LogP) is 1.54. The molecule has 0 atom stereocenters. The molecule has 21 heavy (non-hydrogen) atoms. The van der Waals surface area contributed by atoms with Crippen molar-refractivity contribution in [1.29, 1.82) is 0 Å². The van der Waals surface area contributed by atoms with E-state index in [1.807, 2.05) is 0 Å². The Morgan fingerprint density at radius 2 is 2.10 bits per heavy atom. The topological polar surface area (TPSA) is 92.4 Å². The van der Waals surface area contributed by atoms with E-state index in [9.17, 15) is 13.2 Å². The summed E-state index contributed by atoms with van der Waals surface area (Å²) in [6.45, 7) is 4.03. The molecule has 1 N–H and O–H groups in total. The molecule has 7 nitrogen and oxygen atoms in total. The quantitative estimate of drug-likeness (QED) is 0.804. The molecule has 1 fully saturated rings. The predicted molar refractivity (Wildman–Crippen MR) is 76.4 cm³/mol. The van der Waals surface area contributed by atoms with Gasteiger partial charge in [0.15, 0.2) is 5.03 Å². The molecule has 0 saturated heterocycles. The molecule has 1 aliphatic rings. The minimum atomic E-state index is -3.77. The van der Waals surface area contributed by atoms with Crippen molar-refractivity contribution >= 4 is 16.0 Å². The molecule has 1 heterocycles. The maximum atomic E-state index is 12.8. The lowest BCUT2D eigenvalue weighted by molar-refractivity contribution is 0.0521. The van der Waals surface area contributed by atoms with Crippen LogP contribution in [-0.2, 0) is 14.8 Å². The van der Waals surface area contributed by atoms with E-state index in [1.165, 1.54) is 10.5 Å². The van der Waals surface area contributed by atoms with Gasteiger partial charge in [-0.25, -0.2) is 13.2 Å². The summed E-state index contributed by atoms with van der Waals surface area (Å²) in [7, 11) is -3.77. The second-order valence-electron chi connectivity index (χ2n) is 4.98. The summed E-state index contributed by atoms with van der Waals surface area (Å²) in [5, 5.41) is 5.97. The smallest absolute Gasteiger partial charge is 0.342 e. The van der Waals surface area contributed by atoms with Crippen LogP contribution in [0.4, 0.5) is 0 Å². The van der Waals surface area contributed by atoms with Gasteiger partial charge in [0, 0.05) is 12.6 Å². The second-order valence-corrected chi connectivity index (χ2v) is 6.81. The van der Waals surface area contributed by atoms with E-state index < -0.39 is 16.0 Å². The van der Waals surface area contributed by atoms with E-state index in [2.05, 4.69) is 10.2 Å². The Bertz CT molecular complexity index is 590. The summed E-state index contributed by atoms with van der Waals surface area (Å²) >= 11 is 0. The largest absolute Gasteiger partial charge is 0.462 e. The SMILES string of the molecule is CCOC(=O)c1cn[nH]c1S(=O)(=O)N(CC)C1CCCC1. The number of rotatable bonds is 6. The van der Waals surface area contributed by atoms with Crippen LogP contribution in [0.25, 0.3) is 0 Å². The average Bonchev–Trinajstić information content (AvgIpc) is 3.10. The molecular formula is C13H21N3O4S. The van der Waals surface area contributed by atoms with Crippen molar-refractivity contribution in [2.24, 2.45) is 0 Å². The van der Waals surface area contributed by atoms with Gasteiger partial charge in [-0.15, -0.1) is 0 Å². The Balaban J connectivity index is 2.34. The molecule has 0 unspecified atom stereocenters. The summed E-state index contributed by atoms with van der Waals surface area (Å²) in [4.78, 5) is 11.8. The fraction of sp³-hybridized carbons (Fsp3) is 0.692. The minimum absolute atomic E-state index is 0.00153. The lowest BCUT2D eigenvalue weighted by Crippen LogP contribution is -2.39. The molecular weight excluding hydrogens is 294 g/mol. The zero-order valence-corrected chi connectivity index (χ0v) is 13.1. The van der Waals surface area contributed by atoms with Gasteiger partial charge in [-0.05, 0) is 19.8 Å². The molecule has 1 aliphatic carbocycles. The Kier molecular flexibility index (Phi) is 5.00. The average molecular weight is 315 g/mol. The lowest BCUT2D eigenvalue weighted by Gasteiger charge is -2.26. The lowest BCUT2D eigenvalue weighted by atomic mass is 10.2. The van der Waals surface area contributed by atoms with Gasteiger partial charge in [-0.1, -0.05) is 19.8 Å². The first kappa shape index (κ1) is 16.0. The number of carbonyl (C=O) groups excluding carboxylic acids is 1. The fourth-order valence-electron chi connectivity index (χ4n) is 2.76. The highest BCUT2D eigenvalue weighted by Crippen LogP contribution is 2.29. The van der Waals surface area contributed by atoms with Crippen molar-refractivity contribution in [3.05, 3.63) is 11.8 Å². The van der Waals surface area contributed by atoms with Crippen molar-refractivity contribution in [2.75, 3.05) is 13.2 Å². The Morgan fingerprint density at radius 1 is 1.43 bits per heavy atom. The zero-order chi connectivity index (χ0) is 15.5. The number of aromatic nitrogens is 2. The van der Waals surface area contributed by atoms with Gasteiger partial charge in [0.1, 0.15) is 5.56 Å². The molecule has 1 saturated carbocycles. The molecule has 0 aliphatic heterocycles. The molecule has 0 aromatic carbocycles. The van der Waals surface area contributed by atoms with Crippen LogP contribution < -0.4 is 0 Å². The number of aromatic amines is 1. The van der Waals surface area contributed by atoms with Crippen molar-refractivity contribution in [3.8, 4) is 0 Å². The van der Waals surface area contributed by atoms with Crippen molar-refractivity contribution in [3.63, 3.8) is 0 Å². The summed E-state index contributed by atoms with van der Waals surface area (Å²) in [6, 6.07) is -0.00153. The molecule has 0 radical (unpaired) electrons. The van der Waals surface area contributed by atoms with Gasteiger partial charge in [0.25, 0.3) is 10.0 Å². The Morgan fingerprint density at radius 3 is 2.67 bits per heavy atom. The number of esters is 1. The van der Waals surface area contributed by atoms with Crippen molar-refractivity contribution in [1.82, 2.24) is 14.5 Å². The van der Waals surface area contributed by atoms with Crippen molar-refractivity contribution in [2.45, 2.75) is 50.6 Å². The van der Waals surface area contributed by atoms with Crippen LogP contribution >= 0.6 is 0 Å². The number of sulfonamides is 1. The molecule has 0 spiro atoms. The van der Waals surface area contributed by atoms with Crippen LogP contribution in [0.15, 0.2) is 11.2 Å². The second kappa shape index (κ2) is 6.57. The molecule has 2 rings (SSSR count). The van der Waals surface area contributed by atoms with Crippen LogP contribution in [0.5, 0.6) is 0 Å². The molecule has 1 aromatic heterocycles. The first-order chi connectivity index (χ1) is 10.0. The number of hydrogen-bond donors (Lipinski definition) is 1. The van der Waals surface area contributed by atoms with E-state index in [1.54, 1.807) is 13.8 Å². The highest BCUT2D eigenvalue weighted by atomic mass is 32.2. The van der Waals surface area contributed by atoms with Gasteiger partial charge in [0.2, 0.25) is 0 Å². The number of ether oxygens (including phenoxy) is 1. The van der Waals surface area contributed by atoms with Crippen molar-refractivity contribution < 1.29 is 17.9 Å². The highest BCUT2D eigenvalue weighted by molar-refractivity contribution is 7.89. The summed E-state index contributed by atoms with van der Waals surface area (Å²) < 4.78 is 31.9. The summed E-state index contributed by atoms with van der Waals surface area (Å²) in [5.74, 6) is -0.674. The van der Waals surface area contributed by atoms with Gasteiger partial charge < -0.3 is 4.74 Å². The number of nitrogens with one attached hydrogen (secondary N) is 1. The monoisotopic (exact) mass is 315 g/mol. The number of nitrogens with zero attached hydrogens (tertiary/aromatic N) is 2. The number of carbonyl (C=O) groups is 1. The van der Waals surface area contributed by atoms with Crippen LogP contribution in [-0.4, -0.2) is 48.1 Å². The van der Waals surface area contributed by atoms with E-state index in [0.29, 0.717) is 6.54 Å². The van der Waals surface area contributed by atoms with Gasteiger partial charge in [-0.2, -0.15) is 9.40 Å². The van der Waals surface area contributed by atoms with Gasteiger partial charge in [0.05, 0.1) is 12.8 Å². The minimum Gasteiger partial charge on any atom is -0.462 e. The standard InChI is InChI=1S/C13H21N3O4S/c1-3-16(10-7-5-6-8-10)21(18,19)12-11(9-14-15-12)13(17)20-4-2/h9-10H,3-8H2,1-2H3,(H,14,15). The Labute approximate surface area is 124 Å². The first-order valence-electron chi connectivity index (χ1n) is 7.24. The van der Waals surface area contributed by atoms with Crippen LogP contribution in [0, 0.1) is 0 Å². The molecule has 0 amide bonds. The third-order valence-corrected chi connectivity index (χ3v) is 5.71. The molecule has 0 bridgehead atoms.